The van der Waals surface area contributed by atoms with Gasteiger partial charge in [-0.3, -0.25) is 10.2 Å². The molecule has 0 fully saturated rings. The van der Waals surface area contributed by atoms with Crippen LogP contribution >= 0.6 is 12.6 Å². The molecule has 0 saturated carbocycles. The lowest BCUT2D eigenvalue weighted by Gasteiger charge is -2.03. The molecule has 0 heterocycles. The van der Waals surface area contributed by atoms with Gasteiger partial charge in [0.05, 0.1) is 6.04 Å². The van der Waals surface area contributed by atoms with Gasteiger partial charge in [-0.15, -0.1) is 12.6 Å². The molecule has 0 aromatic carbocycles. The van der Waals surface area contributed by atoms with Crippen molar-refractivity contribution in [1.82, 2.24) is 5.32 Å². The highest BCUT2D eigenvalue weighted by Gasteiger charge is 2.05. The highest BCUT2D eigenvalue weighted by molar-refractivity contribution is 7.96. The SMILES string of the molecule is CC(N)C(=O)NC(=N)S. The molecular weight excluding hydrogens is 138 g/mol. The van der Waals surface area contributed by atoms with Gasteiger partial charge in [0, 0.05) is 0 Å². The largest absolute Gasteiger partial charge is 0.320 e. The van der Waals surface area contributed by atoms with Gasteiger partial charge in [-0.1, -0.05) is 0 Å². The fraction of sp³-hybridized carbons (Fsp3) is 0.500. The van der Waals surface area contributed by atoms with E-state index in [9.17, 15) is 4.79 Å². The molecule has 0 bridgehead atoms. The molecule has 52 valence electrons. The Morgan fingerprint density at radius 2 is 2.33 bits per heavy atom. The van der Waals surface area contributed by atoms with Gasteiger partial charge in [0.2, 0.25) is 5.91 Å². The number of carbonyl (C=O) groups is 1. The molecule has 1 atom stereocenters. The zero-order valence-electron chi connectivity index (χ0n) is 5.01. The Balaban J connectivity index is 3.64. The molecule has 0 aromatic rings. The van der Waals surface area contributed by atoms with Crippen LogP contribution in [-0.4, -0.2) is 17.1 Å². The van der Waals surface area contributed by atoms with Crippen LogP contribution in [0.15, 0.2) is 0 Å². The average molecular weight is 147 g/mol. The quantitative estimate of drug-likeness (QED) is 0.225. The Hall–Kier alpha value is -0.550. The molecule has 5 heteroatoms. The van der Waals surface area contributed by atoms with E-state index in [2.05, 4.69) is 17.9 Å². The average Bonchev–Trinajstić information content (AvgIpc) is 1.63. The van der Waals surface area contributed by atoms with E-state index in [1.54, 1.807) is 0 Å². The first-order valence-corrected chi connectivity index (χ1v) is 2.82. The van der Waals surface area contributed by atoms with E-state index >= 15 is 0 Å². The summed E-state index contributed by atoms with van der Waals surface area (Å²) in [5, 5.41) is 8.64. The van der Waals surface area contributed by atoms with E-state index in [0.29, 0.717) is 0 Å². The fourth-order valence-corrected chi connectivity index (χ4v) is 0.341. The first kappa shape index (κ1) is 8.45. The fourth-order valence-electron chi connectivity index (χ4n) is 0.231. The number of amidine groups is 1. The maximum Gasteiger partial charge on any atom is 0.242 e. The van der Waals surface area contributed by atoms with Gasteiger partial charge in [0.1, 0.15) is 0 Å². The standard InChI is InChI=1S/C4H9N3OS/c1-2(5)3(8)7-4(6)9/h2H,5H2,1H3,(H3,6,7,8,9). The summed E-state index contributed by atoms with van der Waals surface area (Å²) in [6, 6.07) is -0.586. The molecule has 1 amide bonds. The third-order valence-corrected chi connectivity index (χ3v) is 0.767. The van der Waals surface area contributed by atoms with Crippen LogP contribution in [0.25, 0.3) is 0 Å². The van der Waals surface area contributed by atoms with Crippen molar-refractivity contribution < 1.29 is 4.79 Å². The smallest absolute Gasteiger partial charge is 0.242 e. The van der Waals surface area contributed by atoms with E-state index in [-0.39, 0.29) is 5.17 Å². The van der Waals surface area contributed by atoms with Gasteiger partial charge in [-0.25, -0.2) is 0 Å². The van der Waals surface area contributed by atoms with E-state index < -0.39 is 11.9 Å². The third-order valence-electron chi connectivity index (χ3n) is 0.655. The van der Waals surface area contributed by atoms with Crippen LogP contribution in [0.4, 0.5) is 0 Å². The van der Waals surface area contributed by atoms with Crippen LogP contribution in [0.3, 0.4) is 0 Å². The predicted octanol–water partition coefficient (Wildman–Crippen LogP) is -0.686. The zero-order valence-corrected chi connectivity index (χ0v) is 5.90. The molecule has 0 aliphatic rings. The van der Waals surface area contributed by atoms with Gasteiger partial charge >= 0.3 is 0 Å². The lowest BCUT2D eigenvalue weighted by Crippen LogP contribution is -2.39. The molecule has 1 unspecified atom stereocenters. The summed E-state index contributed by atoms with van der Waals surface area (Å²) < 4.78 is 0. The van der Waals surface area contributed by atoms with E-state index in [4.69, 9.17) is 11.1 Å². The predicted molar refractivity (Wildman–Crippen MR) is 38.5 cm³/mol. The van der Waals surface area contributed by atoms with E-state index in [1.807, 2.05) is 0 Å². The zero-order chi connectivity index (χ0) is 7.44. The highest BCUT2D eigenvalue weighted by Crippen LogP contribution is 1.77. The lowest BCUT2D eigenvalue weighted by atomic mass is 10.3. The molecule has 0 aliphatic carbocycles. The van der Waals surface area contributed by atoms with Crippen LogP contribution in [0.1, 0.15) is 6.92 Å². The second-order valence-electron chi connectivity index (χ2n) is 1.63. The molecule has 0 radical (unpaired) electrons. The van der Waals surface area contributed by atoms with Crippen molar-refractivity contribution in [2.75, 3.05) is 0 Å². The number of nitrogens with one attached hydrogen (secondary N) is 2. The normalized spacial score (nSPS) is 12.3. The van der Waals surface area contributed by atoms with Crippen molar-refractivity contribution in [1.29, 1.82) is 5.41 Å². The van der Waals surface area contributed by atoms with Crippen molar-refractivity contribution >= 4 is 23.7 Å². The van der Waals surface area contributed by atoms with Crippen molar-refractivity contribution in [2.24, 2.45) is 5.73 Å². The van der Waals surface area contributed by atoms with Gasteiger partial charge in [-0.2, -0.15) is 0 Å². The number of hydrogen-bond acceptors (Lipinski definition) is 3. The lowest BCUT2D eigenvalue weighted by molar-refractivity contribution is -0.120. The molecule has 4 N–H and O–H groups in total. The number of nitrogens with two attached hydrogens (primary N) is 1. The summed E-state index contributed by atoms with van der Waals surface area (Å²) in [7, 11) is 0. The second-order valence-corrected chi connectivity index (χ2v) is 2.07. The molecule has 0 saturated heterocycles. The van der Waals surface area contributed by atoms with Gasteiger partial charge in [0.15, 0.2) is 5.17 Å². The minimum absolute atomic E-state index is 0.183. The summed E-state index contributed by atoms with van der Waals surface area (Å²) >= 11 is 3.53. The first-order chi connectivity index (χ1) is 4.04. The molecule has 0 rings (SSSR count). The Morgan fingerprint density at radius 3 is 2.44 bits per heavy atom. The minimum atomic E-state index is -0.586. The van der Waals surface area contributed by atoms with Crippen molar-refractivity contribution in [3.63, 3.8) is 0 Å². The summed E-state index contributed by atoms with van der Waals surface area (Å²) in [5.74, 6) is -0.394. The summed E-state index contributed by atoms with van der Waals surface area (Å²) in [4.78, 5) is 10.5. The maximum absolute atomic E-state index is 10.5. The number of hydrogen-bond donors (Lipinski definition) is 4. The topological polar surface area (TPSA) is 79.0 Å². The molecular formula is C4H9N3OS. The van der Waals surface area contributed by atoms with Crippen LogP contribution in [0.2, 0.25) is 0 Å². The third kappa shape index (κ3) is 3.99. The molecule has 0 aromatic heterocycles. The van der Waals surface area contributed by atoms with Crippen LogP contribution in [0.5, 0.6) is 0 Å². The highest BCUT2D eigenvalue weighted by atomic mass is 32.1. The maximum atomic E-state index is 10.5. The molecule has 0 spiro atoms. The van der Waals surface area contributed by atoms with Crippen LogP contribution in [0, 0.1) is 5.41 Å². The minimum Gasteiger partial charge on any atom is -0.320 e. The Bertz CT molecular complexity index is 134. The number of rotatable bonds is 1. The van der Waals surface area contributed by atoms with Gasteiger partial charge in [-0.05, 0) is 6.92 Å². The summed E-state index contributed by atoms with van der Waals surface area (Å²) in [6.07, 6.45) is 0. The van der Waals surface area contributed by atoms with Gasteiger partial charge in [0.25, 0.3) is 0 Å². The van der Waals surface area contributed by atoms with E-state index in [0.717, 1.165) is 0 Å². The Labute approximate surface area is 58.7 Å². The Morgan fingerprint density at radius 1 is 1.89 bits per heavy atom. The summed E-state index contributed by atoms with van der Waals surface area (Å²) in [5.41, 5.74) is 5.14. The number of thiol groups is 1. The van der Waals surface area contributed by atoms with Gasteiger partial charge < -0.3 is 11.1 Å². The first-order valence-electron chi connectivity index (χ1n) is 2.38. The second kappa shape index (κ2) is 3.47. The number of carbonyl (C=O) groups excluding carboxylic acids is 1. The van der Waals surface area contributed by atoms with Crippen LogP contribution in [-0.2, 0) is 4.79 Å². The van der Waals surface area contributed by atoms with E-state index in [1.165, 1.54) is 6.92 Å². The Kier molecular flexibility index (Phi) is 3.26. The summed E-state index contributed by atoms with van der Waals surface area (Å²) in [6.45, 7) is 1.53. The molecule has 9 heavy (non-hydrogen) atoms. The van der Waals surface area contributed by atoms with Crippen molar-refractivity contribution in [3.05, 3.63) is 0 Å². The monoisotopic (exact) mass is 147 g/mol. The van der Waals surface area contributed by atoms with Crippen molar-refractivity contribution in [3.8, 4) is 0 Å². The molecule has 4 nitrogen and oxygen atoms in total. The molecule has 0 aliphatic heterocycles. The number of amides is 1. The van der Waals surface area contributed by atoms with Crippen LogP contribution < -0.4 is 11.1 Å². The van der Waals surface area contributed by atoms with Crippen molar-refractivity contribution in [2.45, 2.75) is 13.0 Å².